The molecule has 4 rings (SSSR count). The van der Waals surface area contributed by atoms with E-state index in [9.17, 15) is 0 Å². The molecule has 0 saturated heterocycles. The van der Waals surface area contributed by atoms with Crippen LogP contribution in [0.3, 0.4) is 0 Å². The predicted octanol–water partition coefficient (Wildman–Crippen LogP) is 3.62. The Bertz CT molecular complexity index is 1100. The van der Waals surface area contributed by atoms with Crippen LogP contribution in [0.25, 0.3) is 27.9 Å². The lowest BCUT2D eigenvalue weighted by Crippen LogP contribution is -1.97. The molecule has 4 aromatic rings. The van der Waals surface area contributed by atoms with Gasteiger partial charge in [0.15, 0.2) is 23.0 Å². The Labute approximate surface area is 142 Å². The summed E-state index contributed by atoms with van der Waals surface area (Å²) in [6.07, 6.45) is 0. The van der Waals surface area contributed by atoms with E-state index < -0.39 is 0 Å². The molecule has 0 aliphatic carbocycles. The van der Waals surface area contributed by atoms with Gasteiger partial charge in [-0.1, -0.05) is 30.3 Å². The van der Waals surface area contributed by atoms with Crippen LogP contribution < -0.4 is 9.47 Å². The fourth-order valence-corrected chi connectivity index (χ4v) is 2.91. The Balaban J connectivity index is 2.06. The van der Waals surface area contributed by atoms with Gasteiger partial charge in [-0.15, -0.1) is 0 Å². The second kappa shape index (κ2) is 5.61. The molecule has 0 unspecified atom stereocenters. The smallest absolute Gasteiger partial charge is 0.221 e. The highest BCUT2D eigenvalue weighted by Gasteiger charge is 2.14. The standard InChI is InChI=1S/C17H14N4O2S/c1-22-13-8-11-12(9-14(13)23-2)18-17(24)21-16(11)19-15(20-21)10-6-4-3-5-7-10/h3-9H,1-2H3,(H,19,20). The van der Waals surface area contributed by atoms with Crippen molar-refractivity contribution < 1.29 is 9.47 Å². The van der Waals surface area contributed by atoms with Gasteiger partial charge in [0.1, 0.15) is 0 Å². The molecule has 0 atom stereocenters. The van der Waals surface area contributed by atoms with E-state index in [1.807, 2.05) is 36.4 Å². The highest BCUT2D eigenvalue weighted by Crippen LogP contribution is 2.33. The first-order valence-corrected chi connectivity index (χ1v) is 7.72. The number of methoxy groups -OCH3 is 2. The van der Waals surface area contributed by atoms with Gasteiger partial charge in [0.25, 0.3) is 0 Å². The number of fused-ring (bicyclic) bond motifs is 3. The first-order chi connectivity index (χ1) is 11.7. The number of hydrogen-bond donors (Lipinski definition) is 1. The Morgan fingerprint density at radius 2 is 1.71 bits per heavy atom. The molecule has 0 aliphatic rings. The first-order valence-electron chi connectivity index (χ1n) is 7.31. The van der Waals surface area contributed by atoms with Crippen LogP contribution >= 0.6 is 12.2 Å². The largest absolute Gasteiger partial charge is 0.493 e. The molecule has 2 heterocycles. The van der Waals surface area contributed by atoms with E-state index >= 15 is 0 Å². The zero-order valence-electron chi connectivity index (χ0n) is 13.1. The van der Waals surface area contributed by atoms with Gasteiger partial charge in [-0.25, -0.2) is 14.5 Å². The molecule has 7 heteroatoms. The van der Waals surface area contributed by atoms with E-state index in [0.717, 1.165) is 16.8 Å². The van der Waals surface area contributed by atoms with Gasteiger partial charge in [0, 0.05) is 17.0 Å². The van der Waals surface area contributed by atoms with Gasteiger partial charge in [0.2, 0.25) is 4.77 Å². The average molecular weight is 338 g/mol. The Kier molecular flexibility index (Phi) is 3.42. The maximum absolute atomic E-state index is 5.39. The normalized spacial score (nSPS) is 11.1. The minimum atomic E-state index is 0.402. The van der Waals surface area contributed by atoms with Gasteiger partial charge in [-0.2, -0.15) is 0 Å². The van der Waals surface area contributed by atoms with Crippen LogP contribution in [0.2, 0.25) is 0 Å². The van der Waals surface area contributed by atoms with Crippen LogP contribution in [0, 0.1) is 4.77 Å². The Morgan fingerprint density at radius 3 is 2.42 bits per heavy atom. The Morgan fingerprint density at radius 1 is 1.00 bits per heavy atom. The van der Waals surface area contributed by atoms with E-state index in [2.05, 4.69) is 10.1 Å². The number of aromatic nitrogens is 4. The number of aromatic amines is 1. The van der Waals surface area contributed by atoms with Crippen molar-refractivity contribution in [3.8, 4) is 22.9 Å². The topological polar surface area (TPSA) is 64.4 Å². The molecular formula is C17H14N4O2S. The van der Waals surface area contributed by atoms with Crippen molar-refractivity contribution in [3.05, 3.63) is 47.2 Å². The second-order valence-corrected chi connectivity index (χ2v) is 5.58. The van der Waals surface area contributed by atoms with Gasteiger partial charge >= 0.3 is 0 Å². The molecule has 0 spiro atoms. The fraction of sp³-hybridized carbons (Fsp3) is 0.118. The SMILES string of the molecule is COc1cc2nc(=S)n3[nH]c(-c4ccccc4)nc3c2cc1OC. The monoisotopic (exact) mass is 338 g/mol. The molecule has 24 heavy (non-hydrogen) atoms. The second-order valence-electron chi connectivity index (χ2n) is 5.22. The lowest BCUT2D eigenvalue weighted by Gasteiger charge is -2.08. The molecule has 0 radical (unpaired) electrons. The molecule has 6 nitrogen and oxygen atoms in total. The number of benzene rings is 2. The van der Waals surface area contributed by atoms with Crippen LogP contribution in [0.15, 0.2) is 42.5 Å². The van der Waals surface area contributed by atoms with Gasteiger partial charge in [0.05, 0.1) is 19.7 Å². The maximum Gasteiger partial charge on any atom is 0.221 e. The summed E-state index contributed by atoms with van der Waals surface area (Å²) in [7, 11) is 3.19. The van der Waals surface area contributed by atoms with Crippen molar-refractivity contribution in [3.63, 3.8) is 0 Å². The van der Waals surface area contributed by atoms with Crippen molar-refractivity contribution in [1.82, 2.24) is 19.6 Å². The number of H-pyrrole nitrogens is 1. The summed E-state index contributed by atoms with van der Waals surface area (Å²) < 4.78 is 12.8. The quantitative estimate of drug-likeness (QED) is 0.578. The van der Waals surface area contributed by atoms with Crippen molar-refractivity contribution >= 4 is 28.8 Å². The van der Waals surface area contributed by atoms with E-state index in [4.69, 9.17) is 26.7 Å². The summed E-state index contributed by atoms with van der Waals surface area (Å²) in [4.78, 5) is 9.17. The van der Waals surface area contributed by atoms with Gasteiger partial charge < -0.3 is 9.47 Å². The molecule has 0 bridgehead atoms. The molecule has 0 fully saturated rings. The highest BCUT2D eigenvalue weighted by molar-refractivity contribution is 7.71. The van der Waals surface area contributed by atoms with E-state index in [1.165, 1.54) is 0 Å². The molecule has 1 N–H and O–H groups in total. The molecular weight excluding hydrogens is 324 g/mol. The Hall–Kier alpha value is -2.93. The zero-order valence-corrected chi connectivity index (χ0v) is 13.9. The fourth-order valence-electron chi connectivity index (χ4n) is 2.68. The summed E-state index contributed by atoms with van der Waals surface area (Å²) in [5, 5.41) is 4.04. The molecule has 0 aliphatic heterocycles. The molecule has 120 valence electrons. The molecule has 2 aromatic carbocycles. The van der Waals surface area contributed by atoms with Crippen LogP contribution in [0.5, 0.6) is 11.5 Å². The first kappa shape index (κ1) is 14.6. The van der Waals surface area contributed by atoms with Crippen molar-refractivity contribution in [2.24, 2.45) is 0 Å². The van der Waals surface area contributed by atoms with E-state index in [1.54, 1.807) is 24.8 Å². The third kappa shape index (κ3) is 2.21. The van der Waals surface area contributed by atoms with Crippen molar-refractivity contribution in [2.45, 2.75) is 0 Å². The maximum atomic E-state index is 5.39. The highest BCUT2D eigenvalue weighted by atomic mass is 32.1. The summed E-state index contributed by atoms with van der Waals surface area (Å²) in [5.74, 6) is 1.95. The van der Waals surface area contributed by atoms with Gasteiger partial charge in [-0.3, -0.25) is 5.10 Å². The summed E-state index contributed by atoms with van der Waals surface area (Å²) in [6.45, 7) is 0. The zero-order chi connectivity index (χ0) is 16.7. The lowest BCUT2D eigenvalue weighted by molar-refractivity contribution is 0.356. The number of hydrogen-bond acceptors (Lipinski definition) is 5. The summed E-state index contributed by atoms with van der Waals surface area (Å²) in [6, 6.07) is 13.5. The van der Waals surface area contributed by atoms with Crippen LogP contribution in [0.1, 0.15) is 0 Å². The van der Waals surface area contributed by atoms with Crippen LogP contribution in [0.4, 0.5) is 0 Å². The third-order valence-corrected chi connectivity index (χ3v) is 4.12. The summed E-state index contributed by atoms with van der Waals surface area (Å²) in [5.41, 5.74) is 2.39. The van der Waals surface area contributed by atoms with E-state index in [0.29, 0.717) is 27.4 Å². The van der Waals surface area contributed by atoms with Crippen LogP contribution in [-0.2, 0) is 0 Å². The summed E-state index contributed by atoms with van der Waals surface area (Å²) >= 11 is 5.39. The van der Waals surface area contributed by atoms with Gasteiger partial charge in [-0.05, 0) is 18.3 Å². The molecule has 2 aromatic heterocycles. The van der Waals surface area contributed by atoms with Crippen molar-refractivity contribution in [2.75, 3.05) is 14.2 Å². The lowest BCUT2D eigenvalue weighted by atomic mass is 10.2. The minimum absolute atomic E-state index is 0.402. The predicted molar refractivity (Wildman–Crippen MR) is 94.2 cm³/mol. The number of nitrogens with zero attached hydrogens (tertiary/aromatic N) is 3. The van der Waals surface area contributed by atoms with E-state index in [-0.39, 0.29) is 0 Å². The minimum Gasteiger partial charge on any atom is -0.493 e. The van der Waals surface area contributed by atoms with Crippen molar-refractivity contribution in [1.29, 1.82) is 0 Å². The molecule has 0 saturated carbocycles. The van der Waals surface area contributed by atoms with Crippen LogP contribution in [-0.4, -0.2) is 33.8 Å². The average Bonchev–Trinajstić information content (AvgIpc) is 3.08. The number of ether oxygens (including phenoxy) is 2. The number of nitrogens with one attached hydrogen (secondary N) is 1. The number of rotatable bonds is 3. The third-order valence-electron chi connectivity index (χ3n) is 3.84. The molecule has 0 amide bonds.